The molecule has 0 aromatic heterocycles. The van der Waals surface area contributed by atoms with Crippen molar-refractivity contribution in [3.8, 4) is 0 Å². The van der Waals surface area contributed by atoms with Gasteiger partial charge in [-0.25, -0.2) is 0 Å². The summed E-state index contributed by atoms with van der Waals surface area (Å²) in [5.41, 5.74) is 2.20. The highest BCUT2D eigenvalue weighted by Crippen LogP contribution is 2.47. The molecule has 0 unspecified atom stereocenters. The van der Waals surface area contributed by atoms with Gasteiger partial charge in [0.15, 0.2) is 0 Å². The summed E-state index contributed by atoms with van der Waals surface area (Å²) in [6, 6.07) is 14.7. The first-order valence-corrected chi connectivity index (χ1v) is 9.54. The van der Waals surface area contributed by atoms with Gasteiger partial charge >= 0.3 is 0 Å². The Labute approximate surface area is 163 Å². The lowest BCUT2D eigenvalue weighted by Gasteiger charge is -2.30. The van der Waals surface area contributed by atoms with Crippen molar-refractivity contribution in [2.45, 2.75) is 18.3 Å². The van der Waals surface area contributed by atoms with Crippen LogP contribution < -0.4 is 10.2 Å². The summed E-state index contributed by atoms with van der Waals surface area (Å²) in [5.74, 6) is -0.271. The first-order valence-electron chi connectivity index (χ1n) is 9.54. The normalized spacial score (nSPS) is 17.8. The third-order valence-electron chi connectivity index (χ3n) is 5.61. The van der Waals surface area contributed by atoms with Gasteiger partial charge in [-0.2, -0.15) is 0 Å². The van der Waals surface area contributed by atoms with E-state index in [9.17, 15) is 14.9 Å². The molecule has 0 radical (unpaired) electrons. The molecule has 1 N–H and O–H groups in total. The number of ether oxygens (including phenoxy) is 1. The van der Waals surface area contributed by atoms with E-state index in [0.29, 0.717) is 38.4 Å². The van der Waals surface area contributed by atoms with Crippen molar-refractivity contribution in [1.82, 2.24) is 5.32 Å². The summed E-state index contributed by atoms with van der Waals surface area (Å²) < 4.78 is 5.38. The molecule has 2 aliphatic rings. The van der Waals surface area contributed by atoms with Crippen molar-refractivity contribution in [3.05, 3.63) is 69.8 Å². The second kappa shape index (κ2) is 7.59. The highest BCUT2D eigenvalue weighted by molar-refractivity contribution is 6.00. The number of nitrogens with one attached hydrogen (secondary N) is 1. The first kappa shape index (κ1) is 18.4. The molecule has 1 saturated carbocycles. The molecule has 1 heterocycles. The Bertz CT molecular complexity index is 874. The van der Waals surface area contributed by atoms with Gasteiger partial charge in [0.05, 0.1) is 29.4 Å². The molecule has 28 heavy (non-hydrogen) atoms. The van der Waals surface area contributed by atoms with Crippen molar-refractivity contribution in [1.29, 1.82) is 0 Å². The van der Waals surface area contributed by atoms with Crippen molar-refractivity contribution < 1.29 is 14.5 Å². The minimum atomic E-state index is -0.466. The lowest BCUT2D eigenvalue weighted by molar-refractivity contribution is -0.384. The fraction of sp³-hybridized carbons (Fsp3) is 0.381. The highest BCUT2D eigenvalue weighted by Gasteiger charge is 2.44. The number of nitrogens with zero attached hydrogens (tertiary/aromatic N) is 2. The molecule has 2 aromatic carbocycles. The molecule has 7 heteroatoms. The van der Waals surface area contributed by atoms with Crippen LogP contribution in [0.4, 0.5) is 11.4 Å². The summed E-state index contributed by atoms with van der Waals surface area (Å²) in [7, 11) is 0. The van der Waals surface area contributed by atoms with Gasteiger partial charge in [-0.1, -0.05) is 30.3 Å². The van der Waals surface area contributed by atoms with Crippen LogP contribution in [0.3, 0.4) is 0 Å². The zero-order valence-electron chi connectivity index (χ0n) is 15.6. The fourth-order valence-electron chi connectivity index (χ4n) is 3.75. The number of amides is 1. The Morgan fingerprint density at radius 1 is 1.14 bits per heavy atom. The molecule has 1 amide bonds. The smallest absolute Gasteiger partial charge is 0.270 e. The zero-order valence-corrected chi connectivity index (χ0v) is 15.6. The third kappa shape index (κ3) is 3.71. The molecule has 0 atom stereocenters. The molecular weight excluding hydrogens is 358 g/mol. The van der Waals surface area contributed by atoms with Crippen LogP contribution in [0.1, 0.15) is 28.8 Å². The molecule has 4 rings (SSSR count). The largest absolute Gasteiger partial charge is 0.378 e. The molecule has 1 aliphatic heterocycles. The van der Waals surface area contributed by atoms with E-state index in [2.05, 4.69) is 17.4 Å². The summed E-state index contributed by atoms with van der Waals surface area (Å²) in [4.78, 5) is 25.8. The van der Waals surface area contributed by atoms with Gasteiger partial charge in [-0.05, 0) is 24.5 Å². The summed E-state index contributed by atoms with van der Waals surface area (Å²) in [6.07, 6.45) is 2.06. The molecule has 1 aliphatic carbocycles. The predicted molar refractivity (Wildman–Crippen MR) is 106 cm³/mol. The van der Waals surface area contributed by atoms with Gasteiger partial charge in [0.1, 0.15) is 0 Å². The Balaban J connectivity index is 1.55. The van der Waals surface area contributed by atoms with Gasteiger partial charge in [0, 0.05) is 37.2 Å². The maximum absolute atomic E-state index is 13.0. The molecule has 146 valence electrons. The van der Waals surface area contributed by atoms with Crippen molar-refractivity contribution in [2.75, 3.05) is 37.7 Å². The minimum absolute atomic E-state index is 0.0171. The number of rotatable bonds is 6. The topological polar surface area (TPSA) is 84.7 Å². The summed E-state index contributed by atoms with van der Waals surface area (Å²) in [6.45, 7) is 3.00. The number of hydrogen-bond acceptors (Lipinski definition) is 5. The fourth-order valence-corrected chi connectivity index (χ4v) is 3.75. The Morgan fingerprint density at radius 2 is 1.86 bits per heavy atom. The van der Waals surface area contributed by atoms with Crippen molar-refractivity contribution in [2.24, 2.45) is 0 Å². The number of carbonyl (C=O) groups excluding carboxylic acids is 1. The van der Waals surface area contributed by atoms with Gasteiger partial charge in [0.2, 0.25) is 0 Å². The molecule has 2 fully saturated rings. The van der Waals surface area contributed by atoms with Crippen LogP contribution in [0.5, 0.6) is 0 Å². The standard InChI is InChI=1S/C21H23N3O4/c25-20(22-15-21(8-9-21)16-4-2-1-3-5-16)18-14-17(24(26)27)6-7-19(18)23-10-12-28-13-11-23/h1-7,14H,8-13,15H2,(H,22,25). The van der Waals surface area contributed by atoms with Crippen molar-refractivity contribution in [3.63, 3.8) is 0 Å². The number of carbonyl (C=O) groups is 1. The Hall–Kier alpha value is -2.93. The molecule has 0 spiro atoms. The van der Waals surface area contributed by atoms with E-state index in [4.69, 9.17) is 4.74 Å². The van der Waals surface area contributed by atoms with Gasteiger partial charge in [-0.15, -0.1) is 0 Å². The Kier molecular flexibility index (Phi) is 5.00. The first-order chi connectivity index (χ1) is 13.6. The number of benzene rings is 2. The maximum Gasteiger partial charge on any atom is 0.270 e. The van der Waals surface area contributed by atoms with Crippen LogP contribution in [-0.4, -0.2) is 43.7 Å². The van der Waals surface area contributed by atoms with Crippen LogP contribution in [0, 0.1) is 10.1 Å². The van der Waals surface area contributed by atoms with Gasteiger partial charge in [0.25, 0.3) is 11.6 Å². The number of hydrogen-bond donors (Lipinski definition) is 1. The van der Waals surface area contributed by atoms with E-state index in [1.54, 1.807) is 6.07 Å². The predicted octanol–water partition coefficient (Wildman–Crippen LogP) is 2.89. The number of morpholine rings is 1. The van der Waals surface area contributed by atoms with Crippen LogP contribution >= 0.6 is 0 Å². The number of nitro groups is 1. The SMILES string of the molecule is O=C(NCC1(c2ccccc2)CC1)c1cc([N+](=O)[O-])ccc1N1CCOCC1. The zero-order chi connectivity index (χ0) is 19.6. The van der Waals surface area contributed by atoms with E-state index in [1.807, 2.05) is 23.1 Å². The highest BCUT2D eigenvalue weighted by atomic mass is 16.6. The quantitative estimate of drug-likeness (QED) is 0.614. The van der Waals surface area contributed by atoms with Gasteiger partial charge < -0.3 is 15.0 Å². The second-order valence-corrected chi connectivity index (χ2v) is 7.39. The van der Waals surface area contributed by atoms with Crippen LogP contribution in [0.25, 0.3) is 0 Å². The molecule has 1 saturated heterocycles. The van der Waals surface area contributed by atoms with E-state index in [-0.39, 0.29) is 17.0 Å². The second-order valence-electron chi connectivity index (χ2n) is 7.39. The molecule has 7 nitrogen and oxygen atoms in total. The minimum Gasteiger partial charge on any atom is -0.378 e. The molecular formula is C21H23N3O4. The lowest BCUT2D eigenvalue weighted by Crippen LogP contribution is -2.38. The molecule has 0 bridgehead atoms. The van der Waals surface area contributed by atoms with Crippen LogP contribution in [0.15, 0.2) is 48.5 Å². The monoisotopic (exact) mass is 381 g/mol. The number of non-ortho nitro benzene ring substituents is 1. The van der Waals surface area contributed by atoms with Crippen molar-refractivity contribution >= 4 is 17.3 Å². The number of anilines is 1. The van der Waals surface area contributed by atoms with E-state index < -0.39 is 4.92 Å². The summed E-state index contributed by atoms with van der Waals surface area (Å²) >= 11 is 0. The third-order valence-corrected chi connectivity index (χ3v) is 5.61. The maximum atomic E-state index is 13.0. The molecule has 2 aromatic rings. The van der Waals surface area contributed by atoms with E-state index in [1.165, 1.54) is 17.7 Å². The van der Waals surface area contributed by atoms with E-state index >= 15 is 0 Å². The number of nitro benzene ring substituents is 1. The average molecular weight is 381 g/mol. The van der Waals surface area contributed by atoms with Gasteiger partial charge in [-0.3, -0.25) is 14.9 Å². The Morgan fingerprint density at radius 3 is 2.50 bits per heavy atom. The summed E-state index contributed by atoms with van der Waals surface area (Å²) in [5, 5.41) is 14.2. The lowest BCUT2D eigenvalue weighted by atomic mass is 9.96. The van der Waals surface area contributed by atoms with E-state index in [0.717, 1.165) is 18.5 Å². The van der Waals surface area contributed by atoms with Crippen LogP contribution in [0.2, 0.25) is 0 Å². The van der Waals surface area contributed by atoms with Crippen LogP contribution in [-0.2, 0) is 10.2 Å². The average Bonchev–Trinajstić information content (AvgIpc) is 3.54.